The number of hydrogen-bond acceptors (Lipinski definition) is 11. The first-order valence-electron chi connectivity index (χ1n) is 12.6. The Kier molecular flexibility index (Phi) is 9.67. The number of rotatable bonds is 9. The van der Waals surface area contributed by atoms with Gasteiger partial charge in [-0.1, -0.05) is 0 Å². The van der Waals surface area contributed by atoms with Crippen molar-refractivity contribution in [2.75, 3.05) is 17.7 Å². The van der Waals surface area contributed by atoms with Crippen LogP contribution in [0.15, 0.2) is 35.3 Å². The predicted octanol–water partition coefficient (Wildman–Crippen LogP) is 1.78. The van der Waals surface area contributed by atoms with E-state index < -0.39 is 53.7 Å². The number of ether oxygens (including phenoxy) is 2. The fourth-order valence-electron chi connectivity index (χ4n) is 3.66. The Morgan fingerprint density at radius 3 is 2.33 bits per heavy atom. The van der Waals surface area contributed by atoms with Crippen molar-refractivity contribution in [2.24, 2.45) is 0 Å². The first-order chi connectivity index (χ1) is 20.0. The summed E-state index contributed by atoms with van der Waals surface area (Å²) in [6.45, 7) is 4.10. The molecule has 0 spiro atoms. The smallest absolute Gasteiger partial charge is 0.469 e. The number of fused-ring (bicyclic) bond motifs is 1. The second-order valence-corrected chi connectivity index (χ2v) is 10.1. The summed E-state index contributed by atoms with van der Waals surface area (Å²) in [6, 6.07) is 3.19. The van der Waals surface area contributed by atoms with Gasteiger partial charge in [-0.25, -0.2) is 14.8 Å². The summed E-state index contributed by atoms with van der Waals surface area (Å²) in [5, 5.41) is 2.45. The molecule has 2 aromatic heterocycles. The van der Waals surface area contributed by atoms with Crippen molar-refractivity contribution in [3.8, 4) is 0 Å². The monoisotopic (exact) mass is 607 g/mol. The second-order valence-electron chi connectivity index (χ2n) is 10.1. The van der Waals surface area contributed by atoms with Gasteiger partial charge in [0.2, 0.25) is 5.95 Å². The van der Waals surface area contributed by atoms with Gasteiger partial charge in [0.25, 0.3) is 11.5 Å². The van der Waals surface area contributed by atoms with Gasteiger partial charge in [-0.3, -0.25) is 29.1 Å². The van der Waals surface area contributed by atoms with Crippen LogP contribution in [0.1, 0.15) is 49.7 Å². The number of carbonyl (C=O) groups excluding carboxylic acids is 4. The van der Waals surface area contributed by atoms with Crippen molar-refractivity contribution in [3.63, 3.8) is 0 Å². The van der Waals surface area contributed by atoms with Crippen molar-refractivity contribution in [1.29, 1.82) is 0 Å². The van der Waals surface area contributed by atoms with Crippen LogP contribution in [0.25, 0.3) is 11.2 Å². The third-order valence-electron chi connectivity index (χ3n) is 5.60. The van der Waals surface area contributed by atoms with Gasteiger partial charge >= 0.3 is 24.0 Å². The quantitative estimate of drug-likeness (QED) is 0.300. The summed E-state index contributed by atoms with van der Waals surface area (Å²) in [5.74, 6) is -4.71. The van der Waals surface area contributed by atoms with E-state index in [1.165, 1.54) is 0 Å². The molecule has 0 saturated carbocycles. The molecule has 0 radical (unpaired) electrons. The van der Waals surface area contributed by atoms with E-state index in [1.807, 2.05) is 0 Å². The van der Waals surface area contributed by atoms with E-state index in [-0.39, 0.29) is 46.9 Å². The van der Waals surface area contributed by atoms with E-state index >= 15 is 0 Å². The molecule has 3 rings (SSSR count). The number of benzene rings is 1. The Balaban J connectivity index is 1.87. The van der Waals surface area contributed by atoms with E-state index in [0.717, 1.165) is 37.6 Å². The van der Waals surface area contributed by atoms with Gasteiger partial charge in [-0.15, -0.1) is 0 Å². The van der Waals surface area contributed by atoms with Crippen LogP contribution in [-0.4, -0.2) is 68.6 Å². The Morgan fingerprint density at radius 1 is 1.09 bits per heavy atom. The number of aromatic nitrogens is 4. The van der Waals surface area contributed by atoms with Crippen LogP contribution in [0.2, 0.25) is 0 Å². The number of carbonyl (C=O) groups is 4. The summed E-state index contributed by atoms with van der Waals surface area (Å²) in [4.78, 5) is 75.9. The maximum absolute atomic E-state index is 13.5. The van der Waals surface area contributed by atoms with Crippen LogP contribution in [0.5, 0.6) is 0 Å². The lowest BCUT2D eigenvalue weighted by atomic mass is 10.1. The minimum atomic E-state index is -5.28. The zero-order valence-corrected chi connectivity index (χ0v) is 23.4. The first kappa shape index (κ1) is 32.4. The number of aromatic amines is 1. The number of halogens is 3. The molecule has 43 heavy (non-hydrogen) atoms. The molecular weight excluding hydrogens is 579 g/mol. The molecule has 1 atom stereocenters. The lowest BCUT2D eigenvalue weighted by molar-refractivity contribution is -0.170. The lowest BCUT2D eigenvalue weighted by Crippen LogP contribution is -2.44. The molecule has 0 aliphatic heterocycles. The minimum Gasteiger partial charge on any atom is -0.469 e. The maximum Gasteiger partial charge on any atom is 0.471 e. The third kappa shape index (κ3) is 8.70. The van der Waals surface area contributed by atoms with E-state index in [0.29, 0.717) is 4.90 Å². The molecule has 17 heteroatoms. The standard InChI is InChI=1S/C26H28F3N7O7/c1-25(2,3)43-22(40)16(9-10-17(37)42-4)33-20(38)13-5-7-15(8-6-13)36(23(41)26(27,28)29)12-14-11-31-19-18(32-14)21(39)35-24(30)34-19/h5-8,11,16H,9-10,12H2,1-4H3,(H,33,38)(H3,30,31,34,35,39). The highest BCUT2D eigenvalue weighted by molar-refractivity contribution is 5.99. The molecule has 1 unspecified atom stereocenters. The number of nitrogen functional groups attached to an aromatic ring is 1. The molecule has 3 aromatic rings. The van der Waals surface area contributed by atoms with Crippen molar-refractivity contribution in [3.05, 3.63) is 52.1 Å². The summed E-state index contributed by atoms with van der Waals surface area (Å²) in [6.07, 6.45) is -4.59. The summed E-state index contributed by atoms with van der Waals surface area (Å²) >= 11 is 0. The van der Waals surface area contributed by atoms with E-state index in [9.17, 15) is 37.1 Å². The fourth-order valence-corrected chi connectivity index (χ4v) is 3.66. The second kappa shape index (κ2) is 12.8. The Morgan fingerprint density at radius 2 is 1.74 bits per heavy atom. The highest BCUT2D eigenvalue weighted by Crippen LogP contribution is 2.26. The van der Waals surface area contributed by atoms with Gasteiger partial charge in [0.15, 0.2) is 11.2 Å². The van der Waals surface area contributed by atoms with Crippen molar-refractivity contribution < 1.29 is 41.8 Å². The first-order valence-corrected chi connectivity index (χ1v) is 12.6. The summed E-state index contributed by atoms with van der Waals surface area (Å²) < 4.78 is 50.4. The van der Waals surface area contributed by atoms with Crippen molar-refractivity contribution in [1.82, 2.24) is 25.3 Å². The lowest BCUT2D eigenvalue weighted by Gasteiger charge is -2.25. The fraction of sp³-hybridized carbons (Fsp3) is 0.385. The molecule has 230 valence electrons. The molecule has 0 bridgehead atoms. The van der Waals surface area contributed by atoms with Gasteiger partial charge in [0.1, 0.15) is 11.6 Å². The van der Waals surface area contributed by atoms with Gasteiger partial charge in [0.05, 0.1) is 25.5 Å². The van der Waals surface area contributed by atoms with Gasteiger partial charge in [-0.05, 0) is 51.5 Å². The van der Waals surface area contributed by atoms with Crippen LogP contribution in [0, 0.1) is 0 Å². The summed E-state index contributed by atoms with van der Waals surface area (Å²) in [7, 11) is 1.16. The number of alkyl halides is 3. The Hall–Kier alpha value is -5.09. The number of anilines is 2. The van der Waals surface area contributed by atoms with Crippen molar-refractivity contribution in [2.45, 2.75) is 58.0 Å². The Labute approximate surface area is 241 Å². The van der Waals surface area contributed by atoms with Crippen LogP contribution >= 0.6 is 0 Å². The predicted molar refractivity (Wildman–Crippen MR) is 144 cm³/mol. The van der Waals surface area contributed by atoms with Gasteiger partial charge < -0.3 is 20.5 Å². The summed E-state index contributed by atoms with van der Waals surface area (Å²) in [5.41, 5.74) is 2.82. The zero-order valence-electron chi connectivity index (χ0n) is 23.4. The molecule has 2 heterocycles. The minimum absolute atomic E-state index is 0.0736. The molecule has 0 aliphatic rings. The molecule has 0 fully saturated rings. The molecule has 0 saturated heterocycles. The van der Waals surface area contributed by atoms with Crippen LogP contribution in [-0.2, 0) is 30.4 Å². The molecule has 14 nitrogen and oxygen atoms in total. The average molecular weight is 608 g/mol. The number of methoxy groups -OCH3 is 1. The van der Waals surface area contributed by atoms with Crippen LogP contribution < -0.4 is 21.5 Å². The molecule has 4 N–H and O–H groups in total. The number of nitrogens with one attached hydrogen (secondary N) is 2. The normalized spacial score (nSPS) is 12.3. The van der Waals surface area contributed by atoms with E-state index in [4.69, 9.17) is 10.5 Å². The van der Waals surface area contributed by atoms with Gasteiger partial charge in [0, 0.05) is 17.7 Å². The topological polar surface area (TPSA) is 200 Å². The SMILES string of the molecule is COC(=O)CCC(NC(=O)c1ccc(N(Cc2cnc3nc(N)[nH]c(=O)c3n2)C(=O)C(F)(F)F)cc1)C(=O)OC(C)(C)C. The highest BCUT2D eigenvalue weighted by Gasteiger charge is 2.43. The molecular formula is C26H28F3N7O7. The number of amides is 2. The van der Waals surface area contributed by atoms with E-state index in [1.54, 1.807) is 20.8 Å². The molecule has 0 aliphatic carbocycles. The average Bonchev–Trinajstić information content (AvgIpc) is 2.92. The number of hydrogen-bond donors (Lipinski definition) is 3. The number of nitrogens with zero attached hydrogens (tertiary/aromatic N) is 4. The number of H-pyrrole nitrogens is 1. The van der Waals surface area contributed by atoms with Gasteiger partial charge in [-0.2, -0.15) is 18.2 Å². The largest absolute Gasteiger partial charge is 0.471 e. The third-order valence-corrected chi connectivity index (χ3v) is 5.60. The molecule has 2 amide bonds. The highest BCUT2D eigenvalue weighted by atomic mass is 19.4. The number of esters is 2. The zero-order chi connectivity index (χ0) is 32.1. The van der Waals surface area contributed by atoms with Crippen LogP contribution in [0.3, 0.4) is 0 Å². The van der Waals surface area contributed by atoms with E-state index in [2.05, 4.69) is 30.0 Å². The van der Waals surface area contributed by atoms with Crippen molar-refractivity contribution >= 4 is 46.6 Å². The maximum atomic E-state index is 13.5. The van der Waals surface area contributed by atoms with Crippen LogP contribution in [0.4, 0.5) is 24.8 Å². The Bertz CT molecular complexity index is 1590. The molecule has 1 aromatic carbocycles. The number of nitrogens with two attached hydrogens (primary N) is 1.